The van der Waals surface area contributed by atoms with Crippen LogP contribution in [0.2, 0.25) is 5.15 Å². The molecule has 126 valence electrons. The van der Waals surface area contributed by atoms with Crippen molar-refractivity contribution >= 4 is 39.3 Å². The largest absolute Gasteiger partial charge is 0.365 e. The van der Waals surface area contributed by atoms with Gasteiger partial charge in [-0.2, -0.15) is 0 Å². The summed E-state index contributed by atoms with van der Waals surface area (Å²) < 4.78 is 7.51. The molecule has 2 aliphatic rings. The topological polar surface area (TPSA) is 35.0 Å². The first-order chi connectivity index (χ1) is 11.3. The fourth-order valence-electron chi connectivity index (χ4n) is 4.07. The Morgan fingerprint density at radius 3 is 2.79 bits per heavy atom. The highest BCUT2D eigenvalue weighted by Gasteiger charge is 2.51. The maximum absolute atomic E-state index is 6.43. The van der Waals surface area contributed by atoms with Crippen LogP contribution >= 0.6 is 39.3 Å². The lowest BCUT2D eigenvalue weighted by Crippen LogP contribution is -2.36. The highest BCUT2D eigenvalue weighted by atomic mass is 79.9. The van der Waals surface area contributed by atoms with Crippen LogP contribution in [0.4, 0.5) is 0 Å². The molecule has 1 atom stereocenters. The highest BCUT2D eigenvalue weighted by Crippen LogP contribution is 2.54. The molecule has 0 N–H and O–H groups in total. The van der Waals surface area contributed by atoms with E-state index in [0.717, 1.165) is 33.7 Å². The van der Waals surface area contributed by atoms with E-state index in [1.165, 1.54) is 22.9 Å². The van der Waals surface area contributed by atoms with Gasteiger partial charge in [0, 0.05) is 16.5 Å². The summed E-state index contributed by atoms with van der Waals surface area (Å²) in [6.07, 6.45) is 3.66. The molecule has 3 nitrogen and oxygen atoms in total. The van der Waals surface area contributed by atoms with Gasteiger partial charge in [-0.1, -0.05) is 59.2 Å². The van der Waals surface area contributed by atoms with Gasteiger partial charge in [0.25, 0.3) is 0 Å². The maximum Gasteiger partial charge on any atom is 0.188 e. The summed E-state index contributed by atoms with van der Waals surface area (Å²) in [6, 6.07) is 6.53. The number of hydrogen-bond donors (Lipinski definition) is 0. The van der Waals surface area contributed by atoms with Crippen LogP contribution in [0.25, 0.3) is 0 Å². The van der Waals surface area contributed by atoms with Crippen LogP contribution in [0.3, 0.4) is 0 Å². The van der Waals surface area contributed by atoms with Crippen molar-refractivity contribution in [3.8, 4) is 0 Å². The number of ether oxygens (including phenoxy) is 1. The van der Waals surface area contributed by atoms with Gasteiger partial charge in [-0.3, -0.25) is 0 Å². The van der Waals surface area contributed by atoms with Crippen molar-refractivity contribution in [3.63, 3.8) is 0 Å². The fraction of sp³-hybridized carbons (Fsp3) is 0.444. The third-order valence-corrected chi connectivity index (χ3v) is 6.43. The summed E-state index contributed by atoms with van der Waals surface area (Å²) in [5.41, 5.74) is 4.33. The minimum absolute atomic E-state index is 0.0761. The molecule has 1 aliphatic heterocycles. The van der Waals surface area contributed by atoms with Crippen molar-refractivity contribution in [2.75, 3.05) is 6.26 Å². The number of rotatable bonds is 1. The molecule has 1 spiro atoms. The number of hydrogen-bond acceptors (Lipinski definition) is 4. The third-order valence-electron chi connectivity index (χ3n) is 5.08. The first-order valence-corrected chi connectivity index (χ1v) is 10.3. The Balaban J connectivity index is 1.85. The molecule has 0 radical (unpaired) electrons. The summed E-state index contributed by atoms with van der Waals surface area (Å²) in [6.45, 7) is 5.03. The van der Waals surface area contributed by atoms with E-state index < -0.39 is 0 Å². The van der Waals surface area contributed by atoms with Crippen LogP contribution < -0.4 is 0 Å². The van der Waals surface area contributed by atoms with Crippen molar-refractivity contribution in [3.05, 3.63) is 50.2 Å². The Bertz CT molecular complexity index is 842. The lowest BCUT2D eigenvalue weighted by molar-refractivity contribution is -0.0805. The van der Waals surface area contributed by atoms with Gasteiger partial charge in [-0.15, -0.1) is 0 Å². The summed E-state index contributed by atoms with van der Waals surface area (Å²) in [5.74, 6) is 0. The number of halogens is 2. The highest BCUT2D eigenvalue weighted by molar-refractivity contribution is 9.10. The van der Waals surface area contributed by atoms with Crippen LogP contribution in [-0.2, 0) is 28.8 Å². The number of benzene rings is 1. The zero-order valence-corrected chi connectivity index (χ0v) is 17.0. The molecule has 0 saturated heterocycles. The molecule has 0 amide bonds. The van der Waals surface area contributed by atoms with Gasteiger partial charge in [-0.05, 0) is 41.4 Å². The average molecular weight is 426 g/mol. The molecule has 1 aromatic heterocycles. The number of thioether (sulfide) groups is 1. The predicted molar refractivity (Wildman–Crippen MR) is 101 cm³/mol. The van der Waals surface area contributed by atoms with E-state index in [0.29, 0.717) is 11.8 Å². The predicted octanol–water partition coefficient (Wildman–Crippen LogP) is 5.26. The van der Waals surface area contributed by atoms with Crippen LogP contribution in [0.5, 0.6) is 0 Å². The Morgan fingerprint density at radius 1 is 1.25 bits per heavy atom. The van der Waals surface area contributed by atoms with Gasteiger partial charge in [-0.25, -0.2) is 9.97 Å². The van der Waals surface area contributed by atoms with Gasteiger partial charge < -0.3 is 4.74 Å². The summed E-state index contributed by atoms with van der Waals surface area (Å²) in [7, 11) is 0. The molecule has 6 heteroatoms. The summed E-state index contributed by atoms with van der Waals surface area (Å²) in [4.78, 5) is 9.07. The fourth-order valence-corrected chi connectivity index (χ4v) is 5.10. The van der Waals surface area contributed by atoms with Crippen LogP contribution in [0.15, 0.2) is 27.8 Å². The van der Waals surface area contributed by atoms with E-state index in [9.17, 15) is 0 Å². The van der Waals surface area contributed by atoms with E-state index in [-0.39, 0.29) is 11.0 Å². The van der Waals surface area contributed by atoms with Crippen molar-refractivity contribution in [1.82, 2.24) is 9.97 Å². The van der Waals surface area contributed by atoms with E-state index >= 15 is 0 Å². The molecular formula is C18H18BrClN2OS. The molecule has 2 aromatic rings. The summed E-state index contributed by atoms with van der Waals surface area (Å²) in [5, 5.41) is 1.24. The molecule has 0 fully saturated rings. The van der Waals surface area contributed by atoms with E-state index in [2.05, 4.69) is 53.0 Å². The molecule has 0 saturated carbocycles. The van der Waals surface area contributed by atoms with Crippen molar-refractivity contribution in [1.29, 1.82) is 0 Å². The Hall–Kier alpha value is -0.620. The van der Waals surface area contributed by atoms with Gasteiger partial charge >= 0.3 is 0 Å². The number of aromatic nitrogens is 2. The van der Waals surface area contributed by atoms with Crippen LogP contribution in [-0.4, -0.2) is 16.2 Å². The standard InChI is InChI=1S/C18H18BrClN2OS/c1-17(2)9-18(13-6-10(19)4-5-12(13)17)7-14-11(8-23-18)15(20)22-16(21-14)24-3/h4-6H,7-9H2,1-3H3. The second kappa shape index (κ2) is 5.70. The molecule has 2 heterocycles. The van der Waals surface area contributed by atoms with Gasteiger partial charge in [0.15, 0.2) is 5.16 Å². The summed E-state index contributed by atoms with van der Waals surface area (Å²) >= 11 is 11.5. The molecule has 0 bridgehead atoms. The lowest BCUT2D eigenvalue weighted by atomic mass is 9.83. The SMILES string of the molecule is CSc1nc(Cl)c2c(n1)CC1(CC(C)(C)c3ccc(Br)cc31)OC2. The minimum Gasteiger partial charge on any atom is -0.365 e. The smallest absolute Gasteiger partial charge is 0.188 e. The first kappa shape index (κ1) is 16.8. The van der Waals surface area contributed by atoms with Crippen LogP contribution in [0.1, 0.15) is 42.7 Å². The molecule has 1 aliphatic carbocycles. The molecule has 24 heavy (non-hydrogen) atoms. The lowest BCUT2D eigenvalue weighted by Gasteiger charge is -2.36. The number of fused-ring (bicyclic) bond motifs is 3. The normalized spacial score (nSPS) is 24.0. The van der Waals surface area contributed by atoms with E-state index in [1.807, 2.05) is 6.26 Å². The average Bonchev–Trinajstić information content (AvgIpc) is 2.73. The number of nitrogens with zero attached hydrogens (tertiary/aromatic N) is 2. The zero-order chi connectivity index (χ0) is 17.1. The van der Waals surface area contributed by atoms with Gasteiger partial charge in [0.2, 0.25) is 0 Å². The van der Waals surface area contributed by atoms with E-state index in [4.69, 9.17) is 21.3 Å². The Kier molecular flexibility index (Phi) is 3.99. The third kappa shape index (κ3) is 2.52. The van der Waals surface area contributed by atoms with Gasteiger partial charge in [0.05, 0.1) is 12.3 Å². The van der Waals surface area contributed by atoms with Crippen molar-refractivity contribution in [2.45, 2.75) is 49.5 Å². The monoisotopic (exact) mass is 424 g/mol. The van der Waals surface area contributed by atoms with Crippen molar-refractivity contribution < 1.29 is 4.74 Å². The minimum atomic E-state index is -0.330. The molecule has 4 rings (SSSR count). The van der Waals surface area contributed by atoms with Gasteiger partial charge in [0.1, 0.15) is 10.8 Å². The Morgan fingerprint density at radius 2 is 2.04 bits per heavy atom. The molecule has 1 aromatic carbocycles. The Labute approximate surface area is 159 Å². The first-order valence-electron chi connectivity index (χ1n) is 7.88. The second-order valence-electron chi connectivity index (χ2n) is 7.14. The second-order valence-corrected chi connectivity index (χ2v) is 9.18. The van der Waals surface area contributed by atoms with Crippen molar-refractivity contribution in [2.24, 2.45) is 0 Å². The maximum atomic E-state index is 6.43. The van der Waals surface area contributed by atoms with Crippen LogP contribution in [0, 0.1) is 0 Å². The quantitative estimate of drug-likeness (QED) is 0.354. The molecular weight excluding hydrogens is 408 g/mol. The molecule has 1 unspecified atom stereocenters. The van der Waals surface area contributed by atoms with E-state index in [1.54, 1.807) is 0 Å². The zero-order valence-electron chi connectivity index (χ0n) is 13.8.